The van der Waals surface area contributed by atoms with E-state index in [1.807, 2.05) is 24.5 Å². The predicted molar refractivity (Wildman–Crippen MR) is 239 cm³/mol. The van der Waals surface area contributed by atoms with Gasteiger partial charge in [-0.2, -0.15) is 0 Å². The second-order valence-electron chi connectivity index (χ2n) is 16.4. The molecule has 4 heterocycles. The molecule has 0 aliphatic carbocycles. The molecule has 0 N–H and O–H groups in total. The van der Waals surface area contributed by atoms with Crippen molar-refractivity contribution in [3.05, 3.63) is 161 Å². The monoisotopic (exact) mass is 940 g/mol. The Labute approximate surface area is 358 Å². The van der Waals surface area contributed by atoms with E-state index in [0.717, 1.165) is 51.0 Å². The maximum absolute atomic E-state index is 6.57. The van der Waals surface area contributed by atoms with Crippen molar-refractivity contribution < 1.29 is 24.5 Å². The van der Waals surface area contributed by atoms with E-state index >= 15 is 0 Å². The number of pyridine rings is 3. The second kappa shape index (κ2) is 18.1. The van der Waals surface area contributed by atoms with Crippen LogP contribution in [0.1, 0.15) is 92.3 Å². The molecule has 0 unspecified atom stereocenters. The largest absolute Gasteiger partial charge is 0.486 e. The van der Waals surface area contributed by atoms with Crippen LogP contribution in [0.25, 0.3) is 67.0 Å². The number of nitrogens with zero attached hydrogens (tertiary/aromatic N) is 3. The Kier molecular flexibility index (Phi) is 13.3. The molecule has 0 atom stereocenters. The van der Waals surface area contributed by atoms with Crippen molar-refractivity contribution in [2.24, 2.45) is 5.92 Å². The molecule has 58 heavy (non-hydrogen) atoms. The van der Waals surface area contributed by atoms with Crippen molar-refractivity contribution in [2.75, 3.05) is 0 Å². The number of hydrogen-bond acceptors (Lipinski definition) is 4. The van der Waals surface area contributed by atoms with Crippen molar-refractivity contribution in [2.45, 2.75) is 87.5 Å². The van der Waals surface area contributed by atoms with Crippen LogP contribution in [-0.2, 0) is 26.5 Å². The third-order valence-corrected chi connectivity index (χ3v) is 10.8. The SMILES string of the molecule is Cc1c[c-]c(-c2cc(C)c(C)cn2)cc1.Cc1cc(-c2[c-]ccc3c2oc2nc(-c4c(C(C)C)ccc(-c5ccccc5)c4C(C)C)ccc23)ncc1CC(C)C.[Ir]. The first kappa shape index (κ1) is 42.4. The van der Waals surface area contributed by atoms with Crippen LogP contribution in [0, 0.1) is 45.7 Å². The number of aryl methyl sites for hydroxylation is 4. The smallest absolute Gasteiger partial charge is 0.216 e. The maximum Gasteiger partial charge on any atom is 0.216 e. The summed E-state index contributed by atoms with van der Waals surface area (Å²) in [4.78, 5) is 14.4. The molecular weight excluding hydrogens is 887 g/mol. The summed E-state index contributed by atoms with van der Waals surface area (Å²) >= 11 is 0. The summed E-state index contributed by atoms with van der Waals surface area (Å²) in [5.41, 5.74) is 18.8. The van der Waals surface area contributed by atoms with E-state index in [1.54, 1.807) is 0 Å². The van der Waals surface area contributed by atoms with Gasteiger partial charge in [-0.25, -0.2) is 4.98 Å². The first-order chi connectivity index (χ1) is 27.4. The molecule has 4 nitrogen and oxygen atoms in total. The number of aromatic nitrogens is 3. The molecule has 8 rings (SSSR count). The Morgan fingerprint density at radius 1 is 0.655 bits per heavy atom. The Morgan fingerprint density at radius 2 is 1.40 bits per heavy atom. The van der Waals surface area contributed by atoms with Crippen LogP contribution in [0.3, 0.4) is 0 Å². The van der Waals surface area contributed by atoms with Crippen molar-refractivity contribution in [1.82, 2.24) is 15.0 Å². The number of furan rings is 1. The van der Waals surface area contributed by atoms with Crippen molar-refractivity contribution in [1.29, 1.82) is 0 Å². The third kappa shape index (κ3) is 8.92. The van der Waals surface area contributed by atoms with Crippen molar-refractivity contribution in [3.63, 3.8) is 0 Å². The molecule has 0 aliphatic heterocycles. The van der Waals surface area contributed by atoms with Gasteiger partial charge in [-0.3, -0.25) is 0 Å². The van der Waals surface area contributed by atoms with Gasteiger partial charge in [0.1, 0.15) is 0 Å². The molecule has 0 fully saturated rings. The van der Waals surface area contributed by atoms with E-state index in [9.17, 15) is 0 Å². The molecular formula is C53H53IrN3O-2. The molecule has 1 radical (unpaired) electrons. The molecule has 0 bridgehead atoms. The van der Waals surface area contributed by atoms with Crippen LogP contribution >= 0.6 is 0 Å². The van der Waals surface area contributed by atoms with Gasteiger partial charge in [-0.1, -0.05) is 125 Å². The van der Waals surface area contributed by atoms with Crippen molar-refractivity contribution >= 4 is 22.1 Å². The van der Waals surface area contributed by atoms with E-state index in [0.29, 0.717) is 23.5 Å². The minimum Gasteiger partial charge on any atom is -0.486 e. The summed E-state index contributed by atoms with van der Waals surface area (Å²) in [5, 5.41) is 2.04. The summed E-state index contributed by atoms with van der Waals surface area (Å²) < 4.78 is 6.57. The van der Waals surface area contributed by atoms with Crippen LogP contribution < -0.4 is 0 Å². The van der Waals surface area contributed by atoms with Gasteiger partial charge < -0.3 is 14.4 Å². The zero-order valence-corrected chi connectivity index (χ0v) is 37.8. The molecule has 5 heteroatoms. The van der Waals surface area contributed by atoms with E-state index in [-0.39, 0.29) is 20.1 Å². The van der Waals surface area contributed by atoms with Gasteiger partial charge in [0.05, 0.1) is 11.3 Å². The Hall–Kier alpha value is -5.22. The number of hydrogen-bond donors (Lipinski definition) is 0. The normalized spacial score (nSPS) is 11.3. The van der Waals surface area contributed by atoms with E-state index in [2.05, 4.69) is 171 Å². The fourth-order valence-electron chi connectivity index (χ4n) is 7.63. The molecule has 4 aromatic heterocycles. The quantitative estimate of drug-likeness (QED) is 0.142. The van der Waals surface area contributed by atoms with E-state index < -0.39 is 0 Å². The zero-order chi connectivity index (χ0) is 40.4. The topological polar surface area (TPSA) is 51.8 Å². The first-order valence-corrected chi connectivity index (χ1v) is 20.2. The molecule has 0 spiro atoms. The fourth-order valence-corrected chi connectivity index (χ4v) is 7.63. The van der Waals surface area contributed by atoms with Gasteiger partial charge in [0.25, 0.3) is 0 Å². The summed E-state index contributed by atoms with van der Waals surface area (Å²) in [6.07, 6.45) is 4.95. The minimum absolute atomic E-state index is 0. The van der Waals surface area contributed by atoms with Gasteiger partial charge in [-0.05, 0) is 102 Å². The Bertz CT molecular complexity index is 2670. The van der Waals surface area contributed by atoms with Gasteiger partial charge in [0.2, 0.25) is 5.71 Å². The van der Waals surface area contributed by atoms with Crippen LogP contribution in [0.4, 0.5) is 0 Å². The fraction of sp³-hybridized carbons (Fsp3) is 0.264. The minimum atomic E-state index is 0. The average molecular weight is 940 g/mol. The zero-order valence-electron chi connectivity index (χ0n) is 35.4. The number of fused-ring (bicyclic) bond motifs is 3. The Morgan fingerprint density at radius 3 is 2.05 bits per heavy atom. The average Bonchev–Trinajstić information content (AvgIpc) is 3.58. The Balaban J connectivity index is 0.000000298. The van der Waals surface area contributed by atoms with Crippen LogP contribution in [0.15, 0.2) is 114 Å². The van der Waals surface area contributed by atoms with Crippen LogP contribution in [0.2, 0.25) is 0 Å². The number of rotatable bonds is 8. The van der Waals surface area contributed by atoms with E-state index in [1.165, 1.54) is 55.6 Å². The van der Waals surface area contributed by atoms with Crippen molar-refractivity contribution in [3.8, 4) is 44.9 Å². The summed E-state index contributed by atoms with van der Waals surface area (Å²) in [6, 6.07) is 40.7. The third-order valence-electron chi connectivity index (χ3n) is 10.8. The van der Waals surface area contributed by atoms with Crippen LogP contribution in [-0.4, -0.2) is 15.0 Å². The van der Waals surface area contributed by atoms with Gasteiger partial charge in [0.15, 0.2) is 0 Å². The second-order valence-corrected chi connectivity index (χ2v) is 16.4. The molecule has 8 aromatic rings. The predicted octanol–water partition coefficient (Wildman–Crippen LogP) is 14.4. The molecule has 297 valence electrons. The van der Waals surface area contributed by atoms with Gasteiger partial charge in [0, 0.05) is 43.4 Å². The van der Waals surface area contributed by atoms with Gasteiger partial charge >= 0.3 is 0 Å². The standard InChI is InChI=1S/C39H39N2O.C14H14N.Ir/c1-23(2)20-28-22-40-35(21-26(28)7)33-15-11-14-31-32-18-19-34(41-39(32)42-38(31)33)37-29(24(3)4)16-17-30(36(37)25(5)6)27-12-9-8-10-13-27;1-10-4-6-13(7-5-10)14-8-11(2)12(3)9-15-14;/h8-14,16-19,21-25H,20H2,1-7H3;4-6,8-9H,1-3H3;/q2*-1;. The first-order valence-electron chi connectivity index (χ1n) is 20.2. The molecule has 0 aliphatic rings. The van der Waals surface area contributed by atoms with Gasteiger partial charge in [-0.15, -0.1) is 53.6 Å². The molecule has 0 saturated heterocycles. The summed E-state index contributed by atoms with van der Waals surface area (Å²) in [7, 11) is 0. The number of benzene rings is 4. The summed E-state index contributed by atoms with van der Waals surface area (Å²) in [5.74, 6) is 1.25. The molecule has 0 amide bonds. The maximum atomic E-state index is 6.57. The van der Waals surface area contributed by atoms with E-state index in [4.69, 9.17) is 14.4 Å². The van der Waals surface area contributed by atoms with Crippen LogP contribution in [0.5, 0.6) is 0 Å². The molecule has 4 aromatic carbocycles. The summed E-state index contributed by atoms with van der Waals surface area (Å²) in [6.45, 7) is 22.0. The molecule has 0 saturated carbocycles.